The number of halogens is 1. The molecule has 68 valence electrons. The van der Waals surface area contributed by atoms with Crippen molar-refractivity contribution in [3.05, 3.63) is 15.6 Å². The van der Waals surface area contributed by atoms with Crippen LogP contribution >= 0.6 is 22.9 Å². The van der Waals surface area contributed by atoms with E-state index in [0.717, 1.165) is 15.6 Å². The lowest BCUT2D eigenvalue weighted by atomic mass is 10.3. The average molecular weight is 206 g/mol. The van der Waals surface area contributed by atoms with Gasteiger partial charge in [-0.1, -0.05) is 0 Å². The number of hydrogen-bond donors (Lipinski definition) is 1. The van der Waals surface area contributed by atoms with Crippen LogP contribution in [0.3, 0.4) is 0 Å². The van der Waals surface area contributed by atoms with E-state index in [1.54, 1.807) is 11.3 Å². The third-order valence-corrected chi connectivity index (χ3v) is 3.32. The molecule has 1 aromatic heterocycles. The second-order valence-electron chi connectivity index (χ2n) is 2.65. The number of alkyl halides is 1. The summed E-state index contributed by atoms with van der Waals surface area (Å²) in [6, 6.07) is 0. The lowest BCUT2D eigenvalue weighted by Gasteiger charge is -1.92. The van der Waals surface area contributed by atoms with Gasteiger partial charge in [-0.25, -0.2) is 4.98 Å². The Kier molecular flexibility index (Phi) is 3.50. The van der Waals surface area contributed by atoms with E-state index in [0.29, 0.717) is 6.42 Å². The molecular formula is C8H12ClNOS. The molecular weight excluding hydrogens is 194 g/mol. The molecule has 1 unspecified atom stereocenters. The average Bonchev–Trinajstić information content (AvgIpc) is 2.34. The summed E-state index contributed by atoms with van der Waals surface area (Å²) in [4.78, 5) is 5.44. The lowest BCUT2D eigenvalue weighted by molar-refractivity contribution is 0.300. The monoisotopic (exact) mass is 205 g/mol. The third kappa shape index (κ3) is 2.19. The highest BCUT2D eigenvalue weighted by atomic mass is 35.5. The highest BCUT2D eigenvalue weighted by Crippen LogP contribution is 2.27. The molecule has 0 aliphatic heterocycles. The summed E-state index contributed by atoms with van der Waals surface area (Å²) in [6.45, 7) is 4.03. The first-order valence-corrected chi connectivity index (χ1v) is 5.11. The second-order valence-corrected chi connectivity index (χ2v) is 4.42. The molecule has 1 atom stereocenters. The largest absolute Gasteiger partial charge is 0.396 e. The predicted molar refractivity (Wildman–Crippen MR) is 51.9 cm³/mol. The minimum Gasteiger partial charge on any atom is -0.396 e. The van der Waals surface area contributed by atoms with E-state index >= 15 is 0 Å². The fourth-order valence-corrected chi connectivity index (χ4v) is 2.12. The Hall–Kier alpha value is -0.120. The second kappa shape index (κ2) is 4.21. The number of aliphatic hydroxyl groups is 1. The van der Waals surface area contributed by atoms with Gasteiger partial charge in [0, 0.05) is 17.9 Å². The molecule has 0 aromatic carbocycles. The maximum Gasteiger partial charge on any atom is 0.111 e. The van der Waals surface area contributed by atoms with Gasteiger partial charge >= 0.3 is 0 Å². The Morgan fingerprint density at radius 3 is 2.75 bits per heavy atom. The normalized spacial score (nSPS) is 13.3. The van der Waals surface area contributed by atoms with Crippen LogP contribution in [0.5, 0.6) is 0 Å². The van der Waals surface area contributed by atoms with Crippen molar-refractivity contribution in [1.29, 1.82) is 0 Å². The van der Waals surface area contributed by atoms with Gasteiger partial charge < -0.3 is 5.11 Å². The zero-order valence-corrected chi connectivity index (χ0v) is 8.74. The first-order chi connectivity index (χ1) is 5.65. The number of hydrogen-bond acceptors (Lipinski definition) is 3. The summed E-state index contributed by atoms with van der Waals surface area (Å²) < 4.78 is 0. The standard InChI is InChI=1S/C8H12ClNOS/c1-5(9)8-10-6(2)7(12-8)3-4-11/h5,11H,3-4H2,1-2H3. The summed E-state index contributed by atoms with van der Waals surface area (Å²) in [7, 11) is 0. The number of aliphatic hydroxyl groups excluding tert-OH is 1. The summed E-state index contributed by atoms with van der Waals surface area (Å²) in [5.74, 6) is 0. The van der Waals surface area contributed by atoms with E-state index in [1.165, 1.54) is 0 Å². The van der Waals surface area contributed by atoms with Gasteiger partial charge in [0.1, 0.15) is 5.01 Å². The van der Waals surface area contributed by atoms with E-state index < -0.39 is 0 Å². The van der Waals surface area contributed by atoms with Crippen LogP contribution in [0.25, 0.3) is 0 Å². The van der Waals surface area contributed by atoms with Gasteiger partial charge in [0.05, 0.1) is 11.1 Å². The minimum atomic E-state index is -0.0267. The number of aromatic nitrogens is 1. The quantitative estimate of drug-likeness (QED) is 0.769. The van der Waals surface area contributed by atoms with E-state index in [1.807, 2.05) is 13.8 Å². The van der Waals surface area contributed by atoms with Crippen LogP contribution in [0.2, 0.25) is 0 Å². The van der Waals surface area contributed by atoms with Crippen molar-refractivity contribution in [3.63, 3.8) is 0 Å². The van der Waals surface area contributed by atoms with Crippen molar-refractivity contribution in [2.24, 2.45) is 0 Å². The summed E-state index contributed by atoms with van der Waals surface area (Å²) in [5.41, 5.74) is 0.997. The van der Waals surface area contributed by atoms with Crippen LogP contribution in [-0.2, 0) is 6.42 Å². The molecule has 12 heavy (non-hydrogen) atoms. The van der Waals surface area contributed by atoms with Crippen LogP contribution in [0.15, 0.2) is 0 Å². The number of thiazole rings is 1. The van der Waals surface area contributed by atoms with Gasteiger partial charge in [-0.3, -0.25) is 0 Å². The van der Waals surface area contributed by atoms with Crippen molar-refractivity contribution in [2.45, 2.75) is 25.6 Å². The Balaban J connectivity index is 2.85. The molecule has 0 bridgehead atoms. The fraction of sp³-hybridized carbons (Fsp3) is 0.625. The smallest absolute Gasteiger partial charge is 0.111 e. The molecule has 2 nitrogen and oxygen atoms in total. The molecule has 0 saturated heterocycles. The van der Waals surface area contributed by atoms with E-state index in [9.17, 15) is 0 Å². The lowest BCUT2D eigenvalue weighted by Crippen LogP contribution is -1.88. The molecule has 0 spiro atoms. The fourth-order valence-electron chi connectivity index (χ4n) is 0.954. The van der Waals surface area contributed by atoms with Crippen molar-refractivity contribution in [1.82, 2.24) is 4.98 Å². The Labute approximate surface area is 81.2 Å². The van der Waals surface area contributed by atoms with Crippen LogP contribution < -0.4 is 0 Å². The van der Waals surface area contributed by atoms with Gasteiger partial charge in [0.2, 0.25) is 0 Å². The zero-order chi connectivity index (χ0) is 9.14. The predicted octanol–water partition coefficient (Wildman–Crippen LogP) is 2.29. The van der Waals surface area contributed by atoms with E-state index in [2.05, 4.69) is 4.98 Å². The molecule has 0 saturated carbocycles. The van der Waals surface area contributed by atoms with Crippen molar-refractivity contribution >= 4 is 22.9 Å². The molecule has 0 radical (unpaired) electrons. The van der Waals surface area contributed by atoms with Gasteiger partial charge in [-0.15, -0.1) is 22.9 Å². The molecule has 0 amide bonds. The highest BCUT2D eigenvalue weighted by Gasteiger charge is 2.10. The van der Waals surface area contributed by atoms with Crippen LogP contribution in [0.1, 0.15) is 27.9 Å². The third-order valence-electron chi connectivity index (χ3n) is 1.59. The number of aryl methyl sites for hydroxylation is 1. The summed E-state index contributed by atoms with van der Waals surface area (Å²) >= 11 is 7.46. The maximum absolute atomic E-state index is 8.74. The SMILES string of the molecule is Cc1nc(C(C)Cl)sc1CCO. The topological polar surface area (TPSA) is 33.1 Å². The molecule has 0 aliphatic rings. The molecule has 1 aromatic rings. The Bertz CT molecular complexity index is 260. The van der Waals surface area contributed by atoms with E-state index in [-0.39, 0.29) is 12.0 Å². The van der Waals surface area contributed by atoms with Crippen molar-refractivity contribution in [2.75, 3.05) is 6.61 Å². The van der Waals surface area contributed by atoms with Crippen molar-refractivity contribution in [3.8, 4) is 0 Å². The number of rotatable bonds is 3. The molecule has 0 aliphatic carbocycles. The Morgan fingerprint density at radius 1 is 1.67 bits per heavy atom. The first-order valence-electron chi connectivity index (χ1n) is 3.86. The molecule has 1 heterocycles. The molecule has 4 heteroatoms. The molecule has 0 fully saturated rings. The van der Waals surface area contributed by atoms with Crippen LogP contribution in [0.4, 0.5) is 0 Å². The number of nitrogens with zero attached hydrogens (tertiary/aromatic N) is 1. The minimum absolute atomic E-state index is 0.0267. The van der Waals surface area contributed by atoms with Crippen LogP contribution in [0, 0.1) is 6.92 Å². The van der Waals surface area contributed by atoms with Gasteiger partial charge in [0.25, 0.3) is 0 Å². The summed E-state index contributed by atoms with van der Waals surface area (Å²) in [6.07, 6.45) is 0.688. The summed E-state index contributed by atoms with van der Waals surface area (Å²) in [5, 5.41) is 9.65. The van der Waals surface area contributed by atoms with Gasteiger partial charge in [-0.2, -0.15) is 0 Å². The van der Waals surface area contributed by atoms with Gasteiger partial charge in [-0.05, 0) is 13.8 Å². The zero-order valence-electron chi connectivity index (χ0n) is 7.17. The maximum atomic E-state index is 8.74. The van der Waals surface area contributed by atoms with E-state index in [4.69, 9.17) is 16.7 Å². The van der Waals surface area contributed by atoms with Gasteiger partial charge in [0.15, 0.2) is 0 Å². The Morgan fingerprint density at radius 2 is 2.33 bits per heavy atom. The molecule has 1 N–H and O–H groups in total. The highest BCUT2D eigenvalue weighted by molar-refractivity contribution is 7.12. The molecule has 1 rings (SSSR count). The van der Waals surface area contributed by atoms with Crippen LogP contribution in [-0.4, -0.2) is 16.7 Å². The first kappa shape index (κ1) is 9.96. The van der Waals surface area contributed by atoms with Crippen molar-refractivity contribution < 1.29 is 5.11 Å².